The van der Waals surface area contributed by atoms with Crippen molar-refractivity contribution in [1.29, 1.82) is 0 Å². The summed E-state index contributed by atoms with van der Waals surface area (Å²) in [7, 11) is 2.97. The normalized spacial score (nSPS) is 10.3. The van der Waals surface area contributed by atoms with Gasteiger partial charge in [0.2, 0.25) is 0 Å². The fraction of sp³-hybridized carbons (Fsp3) is 0.227. The van der Waals surface area contributed by atoms with E-state index in [9.17, 15) is 14.0 Å². The van der Waals surface area contributed by atoms with Crippen LogP contribution in [0.4, 0.5) is 4.39 Å². The van der Waals surface area contributed by atoms with E-state index in [1.165, 1.54) is 55.9 Å². The summed E-state index contributed by atoms with van der Waals surface area (Å²) in [5.74, 6) is 0.0442. The Morgan fingerprint density at radius 3 is 2.50 bits per heavy atom. The van der Waals surface area contributed by atoms with Crippen LogP contribution in [0.1, 0.15) is 21.1 Å². The molecule has 168 valence electrons. The molecule has 0 unspecified atom stereocenters. The third kappa shape index (κ3) is 6.42. The van der Waals surface area contributed by atoms with E-state index in [1.807, 2.05) is 0 Å². The number of aromatic nitrogens is 1. The predicted molar refractivity (Wildman–Crippen MR) is 115 cm³/mol. The van der Waals surface area contributed by atoms with E-state index in [0.29, 0.717) is 33.5 Å². The molecule has 0 saturated carbocycles. The van der Waals surface area contributed by atoms with Crippen molar-refractivity contribution in [3.05, 3.63) is 69.9 Å². The molecule has 0 saturated heterocycles. The third-order valence-corrected chi connectivity index (χ3v) is 5.07. The second-order valence-corrected chi connectivity index (χ2v) is 7.33. The van der Waals surface area contributed by atoms with Gasteiger partial charge < -0.3 is 24.3 Å². The highest BCUT2D eigenvalue weighted by atomic mass is 32.1. The summed E-state index contributed by atoms with van der Waals surface area (Å²) in [5.41, 5.74) is 0.882. The molecule has 0 spiro atoms. The van der Waals surface area contributed by atoms with Crippen molar-refractivity contribution in [2.45, 2.75) is 13.2 Å². The zero-order valence-corrected chi connectivity index (χ0v) is 18.2. The maximum atomic E-state index is 12.9. The maximum absolute atomic E-state index is 12.9. The average Bonchev–Trinajstić information content (AvgIpc) is 3.28. The molecule has 10 heteroatoms. The number of hydrogen-bond donors (Lipinski definition) is 1. The lowest BCUT2D eigenvalue weighted by atomic mass is 10.2. The lowest BCUT2D eigenvalue weighted by molar-refractivity contribution is -0.143. The number of carbonyl (C=O) groups is 2. The molecule has 1 N–H and O–H groups in total. The molecule has 1 aromatic heterocycles. The Hall–Kier alpha value is -3.66. The molecule has 1 heterocycles. The van der Waals surface area contributed by atoms with Crippen LogP contribution >= 0.6 is 11.3 Å². The van der Waals surface area contributed by atoms with Gasteiger partial charge in [-0.2, -0.15) is 0 Å². The number of thiazole rings is 1. The minimum Gasteiger partial charge on any atom is -0.493 e. The quantitative estimate of drug-likeness (QED) is 0.464. The molecule has 0 bridgehead atoms. The van der Waals surface area contributed by atoms with Crippen LogP contribution in [0.3, 0.4) is 0 Å². The highest BCUT2D eigenvalue weighted by Gasteiger charge is 2.13. The monoisotopic (exact) mass is 460 g/mol. The van der Waals surface area contributed by atoms with Gasteiger partial charge in [0.1, 0.15) is 36.3 Å². The molecule has 0 aliphatic rings. The molecule has 3 aromatic rings. The number of benzene rings is 2. The zero-order valence-electron chi connectivity index (χ0n) is 17.4. The topological polar surface area (TPSA) is 96.0 Å². The Bertz CT molecular complexity index is 1070. The highest BCUT2D eigenvalue weighted by molar-refractivity contribution is 7.09. The largest absolute Gasteiger partial charge is 0.493 e. The Morgan fingerprint density at radius 2 is 1.78 bits per heavy atom. The standard InChI is InChI=1S/C22H21FN2O6S/c1-28-18-8-3-14(9-19(18)29-2)22(27)24-10-21(26)31-11-16-13-32-20(25-16)12-30-17-6-4-15(23)5-7-17/h3-9,13H,10-12H2,1-2H3,(H,24,27). The van der Waals surface area contributed by atoms with Crippen molar-refractivity contribution in [2.75, 3.05) is 20.8 Å². The van der Waals surface area contributed by atoms with Crippen molar-refractivity contribution in [3.8, 4) is 17.2 Å². The molecule has 32 heavy (non-hydrogen) atoms. The summed E-state index contributed by atoms with van der Waals surface area (Å²) in [6.07, 6.45) is 0. The number of carbonyl (C=O) groups excluding carboxylic acids is 2. The van der Waals surface area contributed by atoms with Crippen molar-refractivity contribution in [1.82, 2.24) is 10.3 Å². The van der Waals surface area contributed by atoms with Gasteiger partial charge in [-0.1, -0.05) is 0 Å². The summed E-state index contributed by atoms with van der Waals surface area (Å²) >= 11 is 1.35. The molecular weight excluding hydrogens is 439 g/mol. The van der Waals surface area contributed by atoms with Gasteiger partial charge >= 0.3 is 5.97 Å². The van der Waals surface area contributed by atoms with Crippen LogP contribution in [-0.4, -0.2) is 37.6 Å². The van der Waals surface area contributed by atoms with Gasteiger partial charge in [-0.15, -0.1) is 11.3 Å². The molecule has 3 rings (SSSR count). The first-order valence-electron chi connectivity index (χ1n) is 9.46. The van der Waals surface area contributed by atoms with Crippen LogP contribution < -0.4 is 19.5 Å². The molecule has 0 aliphatic heterocycles. The van der Waals surface area contributed by atoms with E-state index in [2.05, 4.69) is 10.3 Å². The van der Waals surface area contributed by atoms with Gasteiger partial charge in [0.15, 0.2) is 11.5 Å². The number of hydrogen-bond acceptors (Lipinski definition) is 8. The third-order valence-electron chi connectivity index (χ3n) is 4.20. The van der Waals surface area contributed by atoms with Crippen molar-refractivity contribution in [3.63, 3.8) is 0 Å². The van der Waals surface area contributed by atoms with E-state index < -0.39 is 11.9 Å². The summed E-state index contributed by atoms with van der Waals surface area (Å²) in [6.45, 7) is -0.110. The van der Waals surface area contributed by atoms with E-state index in [0.717, 1.165) is 0 Å². The number of esters is 1. The first-order chi connectivity index (χ1) is 15.5. The van der Waals surface area contributed by atoms with Crippen LogP contribution in [0.5, 0.6) is 17.2 Å². The van der Waals surface area contributed by atoms with Gasteiger partial charge in [-0.05, 0) is 42.5 Å². The van der Waals surface area contributed by atoms with Crippen LogP contribution in [0.25, 0.3) is 0 Å². The van der Waals surface area contributed by atoms with Crippen molar-refractivity contribution in [2.24, 2.45) is 0 Å². The van der Waals surface area contributed by atoms with Crippen LogP contribution in [0.2, 0.25) is 0 Å². The number of amides is 1. The van der Waals surface area contributed by atoms with E-state index in [1.54, 1.807) is 17.5 Å². The first-order valence-corrected chi connectivity index (χ1v) is 10.3. The average molecular weight is 460 g/mol. The number of rotatable bonds is 10. The second kappa shape index (κ2) is 11.1. The molecule has 1 amide bonds. The minimum absolute atomic E-state index is 0.0297. The Morgan fingerprint density at radius 1 is 1.03 bits per heavy atom. The van der Waals surface area contributed by atoms with Gasteiger partial charge in [0.05, 0.1) is 19.9 Å². The lowest BCUT2D eigenvalue weighted by Gasteiger charge is -2.10. The van der Waals surface area contributed by atoms with Crippen LogP contribution in [0.15, 0.2) is 47.8 Å². The first kappa shape index (κ1) is 23.0. The highest BCUT2D eigenvalue weighted by Crippen LogP contribution is 2.27. The van der Waals surface area contributed by atoms with Gasteiger partial charge in [-0.3, -0.25) is 9.59 Å². The SMILES string of the molecule is COc1ccc(C(=O)NCC(=O)OCc2csc(COc3ccc(F)cc3)n2)cc1OC. The minimum atomic E-state index is -0.601. The predicted octanol–water partition coefficient (Wildman–Crippen LogP) is 3.35. The zero-order chi connectivity index (χ0) is 22.9. The van der Waals surface area contributed by atoms with Crippen molar-refractivity contribution >= 4 is 23.2 Å². The van der Waals surface area contributed by atoms with Crippen LogP contribution in [-0.2, 0) is 22.7 Å². The Labute approximate surface area is 187 Å². The number of halogens is 1. The van der Waals surface area contributed by atoms with Gasteiger partial charge in [-0.25, -0.2) is 9.37 Å². The molecule has 0 fully saturated rings. The molecule has 2 aromatic carbocycles. The number of nitrogens with one attached hydrogen (secondary N) is 1. The summed E-state index contributed by atoms with van der Waals surface area (Å²) in [5, 5.41) is 4.93. The molecule has 0 aliphatic carbocycles. The van der Waals surface area contributed by atoms with E-state index in [-0.39, 0.29) is 25.6 Å². The Balaban J connectivity index is 1.42. The fourth-order valence-corrected chi connectivity index (χ4v) is 3.28. The smallest absolute Gasteiger partial charge is 0.325 e. The lowest BCUT2D eigenvalue weighted by Crippen LogP contribution is -2.30. The van der Waals surface area contributed by atoms with Crippen molar-refractivity contribution < 1.29 is 32.9 Å². The number of nitrogens with zero attached hydrogens (tertiary/aromatic N) is 1. The van der Waals surface area contributed by atoms with Gasteiger partial charge in [0.25, 0.3) is 5.91 Å². The second-order valence-electron chi connectivity index (χ2n) is 6.39. The number of methoxy groups -OCH3 is 2. The van der Waals surface area contributed by atoms with E-state index >= 15 is 0 Å². The summed E-state index contributed by atoms with van der Waals surface area (Å²) < 4.78 is 33.9. The van der Waals surface area contributed by atoms with E-state index in [4.69, 9.17) is 18.9 Å². The number of ether oxygens (including phenoxy) is 4. The Kier molecular flexibility index (Phi) is 7.98. The summed E-state index contributed by atoms with van der Waals surface area (Å²) in [4.78, 5) is 28.5. The fourth-order valence-electron chi connectivity index (χ4n) is 2.59. The summed E-state index contributed by atoms with van der Waals surface area (Å²) in [6, 6.07) is 10.4. The molecule has 8 nitrogen and oxygen atoms in total. The maximum Gasteiger partial charge on any atom is 0.325 e. The molecule has 0 radical (unpaired) electrons. The van der Waals surface area contributed by atoms with Gasteiger partial charge in [0, 0.05) is 10.9 Å². The van der Waals surface area contributed by atoms with Crippen LogP contribution in [0, 0.1) is 5.82 Å². The molecule has 0 atom stereocenters. The molecular formula is C22H21FN2O6S.